The van der Waals surface area contributed by atoms with Crippen LogP contribution >= 0.6 is 12.2 Å². The highest BCUT2D eigenvalue weighted by Gasteiger charge is 2.21. The fourth-order valence-corrected chi connectivity index (χ4v) is 1.37. The van der Waals surface area contributed by atoms with E-state index in [0.29, 0.717) is 5.75 Å². The number of hydrogen-bond donors (Lipinski definition) is 1. The van der Waals surface area contributed by atoms with E-state index in [2.05, 4.69) is 0 Å². The largest absolute Gasteiger partial charge is 0.507 e. The van der Waals surface area contributed by atoms with E-state index in [1.807, 2.05) is 0 Å². The molecule has 7 heteroatoms. The van der Waals surface area contributed by atoms with Gasteiger partial charge in [-0.25, -0.2) is 0 Å². The molecule has 1 rings (SSSR count). The van der Waals surface area contributed by atoms with E-state index < -0.39 is 5.97 Å². The summed E-state index contributed by atoms with van der Waals surface area (Å²) in [5, 5.41) is 10.2. The van der Waals surface area contributed by atoms with Crippen molar-refractivity contribution in [3.05, 3.63) is 30.1 Å². The van der Waals surface area contributed by atoms with E-state index in [4.69, 9.17) is 26.4 Å². The molecule has 0 aliphatic rings. The van der Waals surface area contributed by atoms with Crippen molar-refractivity contribution in [1.82, 2.24) is 4.90 Å². The lowest BCUT2D eigenvalue weighted by atomic mass is 10.2. The average Bonchev–Trinajstić information content (AvgIpc) is 2.36. The summed E-state index contributed by atoms with van der Waals surface area (Å²) in [4.78, 5) is 12.5. The number of thiocarbonyl (C=S) groups is 1. The Morgan fingerprint density at radius 3 is 2.45 bits per heavy atom. The van der Waals surface area contributed by atoms with Gasteiger partial charge in [-0.2, -0.15) is 0 Å². The van der Waals surface area contributed by atoms with E-state index in [9.17, 15) is 9.90 Å². The molecule has 0 heterocycles. The normalized spacial score (nSPS) is 10.2. The van der Waals surface area contributed by atoms with E-state index in [0.717, 1.165) is 0 Å². The van der Waals surface area contributed by atoms with Gasteiger partial charge in [0.25, 0.3) is 5.17 Å². The van der Waals surface area contributed by atoms with E-state index in [1.165, 1.54) is 26.2 Å². The summed E-state index contributed by atoms with van der Waals surface area (Å²) in [5.74, 6) is -0.333. The smallest absolute Gasteiger partial charge is 0.315 e. The van der Waals surface area contributed by atoms with Gasteiger partial charge < -0.3 is 24.2 Å². The molecule has 0 saturated carbocycles. The highest BCUT2D eigenvalue weighted by molar-refractivity contribution is 7.80. The number of carbonyl (C=O) groups is 1. The van der Waals surface area contributed by atoms with Crippen LogP contribution in [0.4, 0.5) is 0 Å². The van der Waals surface area contributed by atoms with Gasteiger partial charge in [-0.1, -0.05) is 0 Å². The average molecular weight is 298 g/mol. The van der Waals surface area contributed by atoms with Crippen LogP contribution in [0.25, 0.3) is 0 Å². The topological polar surface area (TPSA) is 68.2 Å². The maximum atomic E-state index is 10.9. The van der Waals surface area contributed by atoms with Crippen LogP contribution in [-0.4, -0.2) is 42.4 Å². The molecular formula is C13H16NO5S. The van der Waals surface area contributed by atoms with Crippen molar-refractivity contribution in [2.24, 2.45) is 0 Å². The number of hydrogen-bond acceptors (Lipinski definition) is 6. The third-order valence-electron chi connectivity index (χ3n) is 2.18. The van der Waals surface area contributed by atoms with Gasteiger partial charge in [0.2, 0.25) is 0 Å². The van der Waals surface area contributed by atoms with Crippen LogP contribution in [0.2, 0.25) is 0 Å². The van der Waals surface area contributed by atoms with Crippen LogP contribution in [0.5, 0.6) is 11.5 Å². The summed E-state index contributed by atoms with van der Waals surface area (Å²) in [6.45, 7) is 1.24. The Labute approximate surface area is 122 Å². The highest BCUT2D eigenvalue weighted by atomic mass is 32.1. The lowest BCUT2D eigenvalue weighted by Gasteiger charge is -2.17. The lowest BCUT2D eigenvalue weighted by Crippen LogP contribution is -2.25. The molecule has 0 aliphatic carbocycles. The third kappa shape index (κ3) is 4.36. The summed E-state index contributed by atoms with van der Waals surface area (Å²) in [5.41, 5.74) is 0.242. The first kappa shape index (κ1) is 16.2. The van der Waals surface area contributed by atoms with Crippen LogP contribution in [0.3, 0.4) is 0 Å². The second kappa shape index (κ2) is 7.06. The predicted octanol–water partition coefficient (Wildman–Crippen LogP) is 1.66. The Morgan fingerprint density at radius 2 is 2.00 bits per heavy atom. The minimum Gasteiger partial charge on any atom is -0.507 e. The fraction of sp³-hybridized carbons (Fsp3) is 0.308. The fourth-order valence-electron chi connectivity index (χ4n) is 1.28. The van der Waals surface area contributed by atoms with E-state index in [1.54, 1.807) is 25.1 Å². The van der Waals surface area contributed by atoms with Gasteiger partial charge in [0.15, 0.2) is 0 Å². The number of phenols is 1. The van der Waals surface area contributed by atoms with Crippen LogP contribution in [0, 0.1) is 6.29 Å². The zero-order valence-electron chi connectivity index (χ0n) is 11.7. The van der Waals surface area contributed by atoms with E-state index >= 15 is 0 Å². The van der Waals surface area contributed by atoms with Crippen molar-refractivity contribution in [2.75, 3.05) is 21.2 Å². The molecule has 0 atom stereocenters. The number of benzene rings is 1. The Kier molecular flexibility index (Phi) is 5.72. The van der Waals surface area contributed by atoms with Crippen molar-refractivity contribution in [2.45, 2.75) is 6.92 Å². The van der Waals surface area contributed by atoms with Crippen LogP contribution in [0.15, 0.2) is 18.2 Å². The Balaban J connectivity index is 2.92. The molecule has 1 radical (unpaired) electrons. The summed E-state index contributed by atoms with van der Waals surface area (Å²) in [7, 11) is 4.82. The van der Waals surface area contributed by atoms with E-state index in [-0.39, 0.29) is 22.8 Å². The minimum absolute atomic E-state index is 0.0864. The first-order valence-corrected chi connectivity index (χ1v) is 6.08. The van der Waals surface area contributed by atoms with Crippen molar-refractivity contribution < 1.29 is 24.1 Å². The molecular weight excluding hydrogens is 282 g/mol. The number of esters is 1. The van der Waals surface area contributed by atoms with Crippen molar-refractivity contribution in [1.29, 1.82) is 0 Å². The summed E-state index contributed by atoms with van der Waals surface area (Å²) in [6.07, 6.45) is -0.0864. The second-order valence-corrected chi connectivity index (χ2v) is 4.38. The predicted molar refractivity (Wildman–Crippen MR) is 76.1 cm³/mol. The van der Waals surface area contributed by atoms with Gasteiger partial charge in [0, 0.05) is 34.2 Å². The van der Waals surface area contributed by atoms with Crippen molar-refractivity contribution in [3.8, 4) is 11.5 Å². The number of nitrogens with zero attached hydrogens (tertiary/aromatic N) is 1. The van der Waals surface area contributed by atoms with Gasteiger partial charge in [-0.05, 0) is 24.4 Å². The molecule has 0 saturated heterocycles. The zero-order chi connectivity index (χ0) is 15.3. The van der Waals surface area contributed by atoms with Crippen molar-refractivity contribution in [3.63, 3.8) is 0 Å². The molecule has 0 fully saturated rings. The Morgan fingerprint density at radius 1 is 1.35 bits per heavy atom. The quantitative estimate of drug-likeness (QED) is 0.669. The van der Waals surface area contributed by atoms with Gasteiger partial charge >= 0.3 is 12.3 Å². The van der Waals surface area contributed by atoms with Crippen LogP contribution in [0.1, 0.15) is 12.5 Å². The maximum Gasteiger partial charge on any atom is 0.315 e. The molecule has 0 bridgehead atoms. The molecule has 20 heavy (non-hydrogen) atoms. The SMILES string of the molecule is CO[C](OC(C)=O)c1ccc(OC(=S)N(C)C)cc1O. The molecule has 0 aliphatic heterocycles. The minimum atomic E-state index is -0.546. The highest BCUT2D eigenvalue weighted by Crippen LogP contribution is 2.30. The number of carbonyl (C=O) groups excluding carboxylic acids is 1. The zero-order valence-corrected chi connectivity index (χ0v) is 12.5. The Hall–Kier alpha value is -1.86. The standard InChI is InChI=1S/C13H16NO5S/c1-8(15)18-12(17-4)10-6-5-9(7-11(10)16)19-13(20)14(2)3/h5-7,16H,1-4H3. The number of methoxy groups -OCH3 is 1. The number of ether oxygens (including phenoxy) is 3. The first-order chi connectivity index (χ1) is 9.35. The number of rotatable bonds is 4. The molecule has 109 valence electrons. The van der Waals surface area contributed by atoms with Gasteiger partial charge in [0.05, 0.1) is 5.56 Å². The van der Waals surface area contributed by atoms with Crippen molar-refractivity contribution >= 4 is 23.4 Å². The molecule has 0 unspecified atom stereocenters. The number of aromatic hydroxyl groups is 1. The van der Waals surface area contributed by atoms with Gasteiger partial charge in [-0.15, -0.1) is 0 Å². The Bertz CT molecular complexity index is 504. The molecule has 0 spiro atoms. The summed E-state index contributed by atoms with van der Waals surface area (Å²) < 4.78 is 15.1. The summed E-state index contributed by atoms with van der Waals surface area (Å²) >= 11 is 4.99. The van der Waals surface area contributed by atoms with Crippen LogP contribution < -0.4 is 4.74 Å². The molecule has 0 amide bonds. The number of phenolic OH excluding ortho intramolecular Hbond substituents is 1. The molecule has 1 aromatic carbocycles. The monoisotopic (exact) mass is 298 g/mol. The molecule has 0 aromatic heterocycles. The lowest BCUT2D eigenvalue weighted by molar-refractivity contribution is -0.147. The third-order valence-corrected chi connectivity index (χ3v) is 2.63. The summed E-state index contributed by atoms with van der Waals surface area (Å²) in [6, 6.07) is 4.44. The maximum absolute atomic E-state index is 10.9. The van der Waals surface area contributed by atoms with Crippen LogP contribution in [-0.2, 0) is 14.3 Å². The molecule has 1 N–H and O–H groups in total. The molecule has 1 aromatic rings. The second-order valence-electron chi connectivity index (χ2n) is 4.03. The first-order valence-electron chi connectivity index (χ1n) is 5.67. The molecule has 6 nitrogen and oxygen atoms in total. The van der Waals surface area contributed by atoms with Gasteiger partial charge in [-0.3, -0.25) is 4.79 Å². The van der Waals surface area contributed by atoms with Gasteiger partial charge in [0.1, 0.15) is 11.5 Å².